The number of para-hydroxylation sites is 2. The van der Waals surface area contributed by atoms with Crippen molar-refractivity contribution in [3.63, 3.8) is 0 Å². The zero-order valence-electron chi connectivity index (χ0n) is 26.8. The predicted molar refractivity (Wildman–Crippen MR) is 203 cm³/mol. The van der Waals surface area contributed by atoms with Gasteiger partial charge in [-0.3, -0.25) is 9.13 Å². The highest BCUT2D eigenvalue weighted by atomic mass is 15.2. The van der Waals surface area contributed by atoms with Crippen LogP contribution in [0.25, 0.3) is 89.4 Å². The lowest BCUT2D eigenvalue weighted by atomic mass is 10.0. The van der Waals surface area contributed by atoms with Crippen molar-refractivity contribution < 1.29 is 0 Å². The summed E-state index contributed by atoms with van der Waals surface area (Å²) in [6.45, 7) is 0. The third-order valence-corrected chi connectivity index (χ3v) is 9.37. The first kappa shape index (κ1) is 28.1. The fraction of sp³-hybridized carbons (Fsp3) is 0. The van der Waals surface area contributed by atoms with Crippen molar-refractivity contribution in [3.8, 4) is 45.8 Å². The molecule has 0 saturated heterocycles. The van der Waals surface area contributed by atoms with Gasteiger partial charge in [0.05, 0.1) is 22.1 Å². The lowest BCUT2D eigenvalue weighted by Crippen LogP contribution is -2.06. The molecule has 0 bridgehead atoms. The van der Waals surface area contributed by atoms with Crippen LogP contribution in [0.2, 0.25) is 0 Å². The lowest BCUT2D eigenvalue weighted by Gasteiger charge is -2.12. The smallest absolute Gasteiger partial charge is 0.238 e. The molecule has 0 aliphatic heterocycles. The third kappa shape index (κ3) is 4.43. The van der Waals surface area contributed by atoms with E-state index < -0.39 is 0 Å². The molecule has 0 amide bonds. The highest BCUT2D eigenvalue weighted by Crippen LogP contribution is 2.41. The number of hydrogen-bond donors (Lipinski definition) is 0. The van der Waals surface area contributed by atoms with Crippen molar-refractivity contribution >= 4 is 43.6 Å². The molecule has 234 valence electrons. The van der Waals surface area contributed by atoms with E-state index in [2.05, 4.69) is 106 Å². The third-order valence-electron chi connectivity index (χ3n) is 9.37. The standard InChI is InChI=1S/C44H28N6/c1-5-15-30(16-6-1)41-46-42(31-17-7-2-8-18-31)48-44(47-41)50-36-24-14-13-23-34(36)35-27-25-29-26-28-37-39(38(29)40(35)50)45-43(32-19-9-3-10-20-32)49(37)33-21-11-4-12-22-33/h1-28H. The summed E-state index contributed by atoms with van der Waals surface area (Å²) in [6.07, 6.45) is 0. The van der Waals surface area contributed by atoms with Crippen molar-refractivity contribution in [2.45, 2.75) is 0 Å². The fourth-order valence-corrected chi connectivity index (χ4v) is 7.12. The van der Waals surface area contributed by atoms with E-state index in [1.54, 1.807) is 0 Å². The van der Waals surface area contributed by atoms with E-state index in [-0.39, 0.29) is 0 Å². The Hall–Kier alpha value is -6.92. The molecule has 0 radical (unpaired) electrons. The van der Waals surface area contributed by atoms with Crippen LogP contribution >= 0.6 is 0 Å². The minimum atomic E-state index is 0.555. The maximum absolute atomic E-state index is 5.47. The quantitative estimate of drug-likeness (QED) is 0.188. The maximum atomic E-state index is 5.47. The van der Waals surface area contributed by atoms with Gasteiger partial charge in [0.25, 0.3) is 0 Å². The summed E-state index contributed by atoms with van der Waals surface area (Å²) < 4.78 is 4.47. The maximum Gasteiger partial charge on any atom is 0.238 e. The molecule has 0 saturated carbocycles. The minimum Gasteiger partial charge on any atom is -0.292 e. The largest absolute Gasteiger partial charge is 0.292 e. The summed E-state index contributed by atoms with van der Waals surface area (Å²) in [5.41, 5.74) is 7.92. The first-order valence-corrected chi connectivity index (χ1v) is 16.7. The van der Waals surface area contributed by atoms with E-state index >= 15 is 0 Å². The van der Waals surface area contributed by atoms with Crippen molar-refractivity contribution in [2.75, 3.05) is 0 Å². The zero-order chi connectivity index (χ0) is 33.0. The summed E-state index contributed by atoms with van der Waals surface area (Å²) >= 11 is 0. The van der Waals surface area contributed by atoms with Crippen molar-refractivity contribution in [1.29, 1.82) is 0 Å². The Morgan fingerprint density at radius 3 is 1.60 bits per heavy atom. The Morgan fingerprint density at radius 2 is 0.940 bits per heavy atom. The monoisotopic (exact) mass is 640 g/mol. The van der Waals surface area contributed by atoms with Gasteiger partial charge in [-0.2, -0.15) is 9.97 Å². The highest BCUT2D eigenvalue weighted by molar-refractivity contribution is 6.24. The fourth-order valence-electron chi connectivity index (χ4n) is 7.12. The van der Waals surface area contributed by atoms with E-state index in [0.717, 1.165) is 71.8 Å². The highest BCUT2D eigenvalue weighted by Gasteiger charge is 2.23. The SMILES string of the molecule is c1ccc(-c2nc(-c3ccccc3)nc(-n3c4ccccc4c4ccc5ccc6c(nc(-c7ccccc7)n6-c6ccccc6)c5c43)n2)cc1. The summed E-state index contributed by atoms with van der Waals surface area (Å²) in [5, 5.41) is 4.37. The van der Waals surface area contributed by atoms with Crippen LogP contribution in [0.1, 0.15) is 0 Å². The van der Waals surface area contributed by atoms with Crippen molar-refractivity contribution in [3.05, 3.63) is 170 Å². The number of aromatic nitrogens is 6. The van der Waals surface area contributed by atoms with Gasteiger partial charge in [0.2, 0.25) is 5.95 Å². The van der Waals surface area contributed by atoms with E-state index in [1.165, 1.54) is 0 Å². The number of nitrogens with zero attached hydrogens (tertiary/aromatic N) is 6. The van der Waals surface area contributed by atoms with Gasteiger partial charge in [-0.15, -0.1) is 0 Å². The molecule has 0 aliphatic carbocycles. The number of fused-ring (bicyclic) bond motifs is 7. The van der Waals surface area contributed by atoms with Crippen LogP contribution in [0.15, 0.2) is 170 Å². The molecule has 3 heterocycles. The molecule has 7 aromatic carbocycles. The minimum absolute atomic E-state index is 0.555. The van der Waals surface area contributed by atoms with Crippen LogP contribution in [0.5, 0.6) is 0 Å². The molecule has 0 fully saturated rings. The molecule has 6 nitrogen and oxygen atoms in total. The van der Waals surface area contributed by atoms with Gasteiger partial charge in [-0.05, 0) is 29.7 Å². The predicted octanol–water partition coefficient (Wildman–Crippen LogP) is 10.5. The average molecular weight is 641 g/mol. The lowest BCUT2D eigenvalue weighted by molar-refractivity contribution is 0.955. The molecule has 0 unspecified atom stereocenters. The molecular weight excluding hydrogens is 613 g/mol. The van der Waals surface area contributed by atoms with Gasteiger partial charge in [0.1, 0.15) is 5.82 Å². The molecule has 3 aromatic heterocycles. The van der Waals surface area contributed by atoms with Gasteiger partial charge in [-0.25, -0.2) is 9.97 Å². The van der Waals surface area contributed by atoms with E-state index in [4.69, 9.17) is 19.9 Å². The van der Waals surface area contributed by atoms with Gasteiger partial charge < -0.3 is 0 Å². The van der Waals surface area contributed by atoms with Crippen LogP contribution in [0.4, 0.5) is 0 Å². The molecule has 0 spiro atoms. The molecule has 10 rings (SSSR count). The Labute approximate surface area is 287 Å². The molecule has 6 heteroatoms. The van der Waals surface area contributed by atoms with E-state index in [9.17, 15) is 0 Å². The Kier molecular flexibility index (Phi) is 6.39. The van der Waals surface area contributed by atoms with Crippen LogP contribution in [0, 0.1) is 0 Å². The average Bonchev–Trinajstić information content (AvgIpc) is 3.76. The number of rotatable bonds is 5. The van der Waals surface area contributed by atoms with E-state index in [1.807, 2.05) is 72.8 Å². The molecular formula is C44H28N6. The number of hydrogen-bond acceptors (Lipinski definition) is 4. The van der Waals surface area contributed by atoms with Gasteiger partial charge >= 0.3 is 0 Å². The molecule has 0 aliphatic rings. The first-order chi connectivity index (χ1) is 24.8. The van der Waals surface area contributed by atoms with Crippen molar-refractivity contribution in [1.82, 2.24) is 29.1 Å². The van der Waals surface area contributed by atoms with E-state index in [0.29, 0.717) is 17.6 Å². The van der Waals surface area contributed by atoms with Gasteiger partial charge in [0, 0.05) is 38.5 Å². The van der Waals surface area contributed by atoms with Gasteiger partial charge in [0.15, 0.2) is 11.6 Å². The summed E-state index contributed by atoms with van der Waals surface area (Å²) in [5.74, 6) is 2.67. The zero-order valence-corrected chi connectivity index (χ0v) is 26.8. The Balaban J connectivity index is 1.36. The van der Waals surface area contributed by atoms with Crippen LogP contribution in [-0.4, -0.2) is 29.1 Å². The van der Waals surface area contributed by atoms with Crippen LogP contribution in [0.3, 0.4) is 0 Å². The molecule has 10 aromatic rings. The summed E-state index contributed by atoms with van der Waals surface area (Å²) in [6, 6.07) is 58.4. The van der Waals surface area contributed by atoms with Crippen LogP contribution in [-0.2, 0) is 0 Å². The second-order valence-electron chi connectivity index (χ2n) is 12.3. The number of imidazole rings is 1. The number of benzene rings is 7. The molecule has 0 N–H and O–H groups in total. The topological polar surface area (TPSA) is 61.4 Å². The first-order valence-electron chi connectivity index (χ1n) is 16.7. The summed E-state index contributed by atoms with van der Waals surface area (Å²) in [4.78, 5) is 20.8. The van der Waals surface area contributed by atoms with Crippen LogP contribution < -0.4 is 0 Å². The molecule has 50 heavy (non-hydrogen) atoms. The van der Waals surface area contributed by atoms with Gasteiger partial charge in [-0.1, -0.05) is 146 Å². The second kappa shape index (κ2) is 11.4. The second-order valence-corrected chi connectivity index (χ2v) is 12.3. The molecule has 0 atom stereocenters. The summed E-state index contributed by atoms with van der Waals surface area (Å²) in [7, 11) is 0. The normalized spacial score (nSPS) is 11.6. The Morgan fingerprint density at radius 1 is 0.380 bits per heavy atom. The van der Waals surface area contributed by atoms with Crippen molar-refractivity contribution in [2.24, 2.45) is 0 Å². The Bertz CT molecular complexity index is 2780.